The van der Waals surface area contributed by atoms with Crippen LogP contribution in [0.15, 0.2) is 18.3 Å². The molecule has 1 heterocycles. The summed E-state index contributed by atoms with van der Waals surface area (Å²) < 4.78 is 0. The molecular formula is C9H13N3O2. The molecule has 1 unspecified atom stereocenters. The minimum Gasteiger partial charge on any atom is -0.480 e. The third kappa shape index (κ3) is 2.20. The van der Waals surface area contributed by atoms with Crippen molar-refractivity contribution in [2.75, 3.05) is 19.0 Å². The van der Waals surface area contributed by atoms with Gasteiger partial charge in [-0.05, 0) is 11.6 Å². The quantitative estimate of drug-likeness (QED) is 0.721. The first-order valence-corrected chi connectivity index (χ1v) is 4.14. The van der Waals surface area contributed by atoms with Crippen molar-refractivity contribution in [1.29, 1.82) is 0 Å². The molecule has 0 amide bonds. The van der Waals surface area contributed by atoms with Crippen molar-refractivity contribution in [3.63, 3.8) is 0 Å². The maximum atomic E-state index is 10.6. The number of anilines is 1. The van der Waals surface area contributed by atoms with Crippen LogP contribution in [-0.2, 0) is 4.79 Å². The molecular weight excluding hydrogens is 182 g/mol. The molecule has 3 N–H and O–H groups in total. The summed E-state index contributed by atoms with van der Waals surface area (Å²) in [6.07, 6.45) is 1.48. The zero-order valence-electron chi connectivity index (χ0n) is 8.14. The summed E-state index contributed by atoms with van der Waals surface area (Å²) in [5, 5.41) is 8.65. The van der Waals surface area contributed by atoms with Crippen LogP contribution in [0, 0.1) is 0 Å². The van der Waals surface area contributed by atoms with Crippen molar-refractivity contribution in [1.82, 2.24) is 4.98 Å². The fraction of sp³-hybridized carbons (Fsp3) is 0.333. The predicted molar refractivity (Wildman–Crippen MR) is 53.1 cm³/mol. The lowest BCUT2D eigenvalue weighted by Gasteiger charge is -2.12. The van der Waals surface area contributed by atoms with Crippen LogP contribution in [0.3, 0.4) is 0 Å². The Labute approximate surface area is 82.2 Å². The van der Waals surface area contributed by atoms with Gasteiger partial charge in [0.25, 0.3) is 0 Å². The van der Waals surface area contributed by atoms with E-state index in [1.165, 1.54) is 6.20 Å². The van der Waals surface area contributed by atoms with Gasteiger partial charge < -0.3 is 15.7 Å². The largest absolute Gasteiger partial charge is 0.480 e. The summed E-state index contributed by atoms with van der Waals surface area (Å²) in [7, 11) is 3.72. The number of carbonyl (C=O) groups is 1. The Kier molecular flexibility index (Phi) is 3.03. The number of pyridine rings is 1. The van der Waals surface area contributed by atoms with Crippen molar-refractivity contribution in [3.8, 4) is 0 Å². The fourth-order valence-corrected chi connectivity index (χ4v) is 0.989. The van der Waals surface area contributed by atoms with Crippen LogP contribution in [0.5, 0.6) is 0 Å². The first-order chi connectivity index (χ1) is 6.52. The molecule has 0 aliphatic carbocycles. The van der Waals surface area contributed by atoms with Gasteiger partial charge in [-0.15, -0.1) is 0 Å². The van der Waals surface area contributed by atoms with Crippen LogP contribution in [0.4, 0.5) is 5.82 Å². The Hall–Kier alpha value is -1.62. The number of carboxylic acids is 1. The molecule has 1 aromatic heterocycles. The maximum absolute atomic E-state index is 10.6. The summed E-state index contributed by atoms with van der Waals surface area (Å²) in [6.45, 7) is 0. The van der Waals surface area contributed by atoms with E-state index in [2.05, 4.69) is 4.98 Å². The molecule has 0 aromatic carbocycles. The molecule has 1 rings (SSSR count). The van der Waals surface area contributed by atoms with Gasteiger partial charge in [-0.2, -0.15) is 0 Å². The van der Waals surface area contributed by atoms with Crippen molar-refractivity contribution in [3.05, 3.63) is 23.9 Å². The number of hydrogen-bond acceptors (Lipinski definition) is 4. The van der Waals surface area contributed by atoms with Crippen molar-refractivity contribution in [2.45, 2.75) is 6.04 Å². The minimum absolute atomic E-state index is 0.503. The average Bonchev–Trinajstić information content (AvgIpc) is 2.16. The molecule has 5 nitrogen and oxygen atoms in total. The normalized spacial score (nSPS) is 12.2. The molecule has 0 radical (unpaired) electrons. The van der Waals surface area contributed by atoms with Gasteiger partial charge in [0.1, 0.15) is 11.9 Å². The zero-order valence-corrected chi connectivity index (χ0v) is 8.14. The molecule has 0 aliphatic rings. The van der Waals surface area contributed by atoms with Crippen LogP contribution in [0.2, 0.25) is 0 Å². The minimum atomic E-state index is -1.05. The molecule has 0 saturated heterocycles. The average molecular weight is 195 g/mol. The maximum Gasteiger partial charge on any atom is 0.325 e. The molecule has 5 heteroatoms. The van der Waals surface area contributed by atoms with Gasteiger partial charge in [0.2, 0.25) is 0 Å². The van der Waals surface area contributed by atoms with Crippen LogP contribution in [0.25, 0.3) is 0 Å². The van der Waals surface area contributed by atoms with Crippen LogP contribution >= 0.6 is 0 Å². The zero-order chi connectivity index (χ0) is 10.7. The number of nitrogens with zero attached hydrogens (tertiary/aromatic N) is 2. The van der Waals surface area contributed by atoms with Crippen LogP contribution < -0.4 is 10.6 Å². The van der Waals surface area contributed by atoms with Gasteiger partial charge in [-0.25, -0.2) is 4.98 Å². The predicted octanol–water partition coefficient (Wildman–Crippen LogP) is 0.232. The molecule has 0 fully saturated rings. The lowest BCUT2D eigenvalue weighted by Crippen LogP contribution is -2.21. The summed E-state index contributed by atoms with van der Waals surface area (Å²) in [6, 6.07) is 2.40. The Balaban J connectivity index is 2.88. The van der Waals surface area contributed by atoms with Crippen LogP contribution in [0.1, 0.15) is 11.6 Å². The second-order valence-corrected chi connectivity index (χ2v) is 3.16. The summed E-state index contributed by atoms with van der Waals surface area (Å²) in [5.41, 5.74) is 5.91. The highest BCUT2D eigenvalue weighted by Crippen LogP contribution is 2.12. The number of hydrogen-bond donors (Lipinski definition) is 2. The monoisotopic (exact) mass is 195 g/mol. The third-order valence-corrected chi connectivity index (χ3v) is 1.85. The lowest BCUT2D eigenvalue weighted by molar-refractivity contribution is -0.138. The Morgan fingerprint density at radius 3 is 2.57 bits per heavy atom. The number of carboxylic acid groups (broad SMARTS) is 1. The van der Waals surface area contributed by atoms with Crippen LogP contribution in [-0.4, -0.2) is 30.2 Å². The second-order valence-electron chi connectivity index (χ2n) is 3.16. The molecule has 1 atom stereocenters. The summed E-state index contributed by atoms with van der Waals surface area (Å²) in [4.78, 5) is 16.4. The summed E-state index contributed by atoms with van der Waals surface area (Å²) >= 11 is 0. The van der Waals surface area contributed by atoms with Gasteiger partial charge in [0.15, 0.2) is 0 Å². The van der Waals surface area contributed by atoms with Gasteiger partial charge in [-0.3, -0.25) is 4.79 Å². The van der Waals surface area contributed by atoms with Gasteiger partial charge in [-0.1, -0.05) is 6.07 Å². The summed E-state index contributed by atoms with van der Waals surface area (Å²) in [5.74, 6) is -0.282. The number of nitrogens with two attached hydrogens (primary N) is 1. The molecule has 0 bridgehead atoms. The third-order valence-electron chi connectivity index (χ3n) is 1.85. The molecule has 0 spiro atoms. The highest BCUT2D eigenvalue weighted by atomic mass is 16.4. The molecule has 1 aromatic rings. The van der Waals surface area contributed by atoms with Crippen molar-refractivity contribution < 1.29 is 9.90 Å². The van der Waals surface area contributed by atoms with E-state index >= 15 is 0 Å². The van der Waals surface area contributed by atoms with E-state index in [0.717, 1.165) is 5.82 Å². The molecule has 0 aliphatic heterocycles. The highest BCUT2D eigenvalue weighted by molar-refractivity contribution is 5.75. The SMILES string of the molecule is CN(C)c1ccc(C(N)C(=O)O)cn1. The molecule has 0 saturated carbocycles. The standard InChI is InChI=1S/C9H13N3O2/c1-12(2)7-4-3-6(5-11-7)8(10)9(13)14/h3-5,8H,10H2,1-2H3,(H,13,14). The Morgan fingerprint density at radius 1 is 1.57 bits per heavy atom. The lowest BCUT2D eigenvalue weighted by atomic mass is 10.1. The number of aromatic nitrogens is 1. The van der Waals surface area contributed by atoms with E-state index in [0.29, 0.717) is 5.56 Å². The topological polar surface area (TPSA) is 79.5 Å². The van der Waals surface area contributed by atoms with Gasteiger partial charge >= 0.3 is 5.97 Å². The highest BCUT2D eigenvalue weighted by Gasteiger charge is 2.14. The van der Waals surface area contributed by atoms with E-state index in [9.17, 15) is 4.79 Å². The second kappa shape index (κ2) is 4.06. The van der Waals surface area contributed by atoms with E-state index in [4.69, 9.17) is 10.8 Å². The first kappa shape index (κ1) is 10.5. The Bertz CT molecular complexity index is 321. The first-order valence-electron chi connectivity index (χ1n) is 4.14. The smallest absolute Gasteiger partial charge is 0.325 e. The van der Waals surface area contributed by atoms with Crippen molar-refractivity contribution >= 4 is 11.8 Å². The van der Waals surface area contributed by atoms with Gasteiger partial charge in [0.05, 0.1) is 0 Å². The Morgan fingerprint density at radius 2 is 2.21 bits per heavy atom. The number of aliphatic carboxylic acids is 1. The van der Waals surface area contributed by atoms with E-state index in [1.807, 2.05) is 19.0 Å². The molecule has 14 heavy (non-hydrogen) atoms. The van der Waals surface area contributed by atoms with Gasteiger partial charge in [0, 0.05) is 20.3 Å². The number of rotatable bonds is 3. The van der Waals surface area contributed by atoms with Crippen molar-refractivity contribution in [2.24, 2.45) is 5.73 Å². The van der Waals surface area contributed by atoms with E-state index < -0.39 is 12.0 Å². The van der Waals surface area contributed by atoms with E-state index in [1.54, 1.807) is 12.1 Å². The fourth-order valence-electron chi connectivity index (χ4n) is 0.989. The molecule has 76 valence electrons. The van der Waals surface area contributed by atoms with E-state index in [-0.39, 0.29) is 0 Å².